The van der Waals surface area contributed by atoms with Crippen LogP contribution in [0.4, 0.5) is 4.79 Å². The minimum atomic E-state index is -0.496. The number of carbonyl (C=O) groups excluding carboxylic acids is 1. The second-order valence-electron chi connectivity index (χ2n) is 6.08. The fourth-order valence-corrected chi connectivity index (χ4v) is 3.20. The number of para-hydroxylation sites is 1. The normalized spacial score (nSPS) is 32.4. The van der Waals surface area contributed by atoms with Gasteiger partial charge in [-0.2, -0.15) is 0 Å². The molecule has 1 aliphatic carbocycles. The summed E-state index contributed by atoms with van der Waals surface area (Å²) < 4.78 is 6.17. The number of rotatable bonds is 2. The Kier molecular flexibility index (Phi) is 2.14. The van der Waals surface area contributed by atoms with Crippen molar-refractivity contribution in [3.63, 3.8) is 0 Å². The van der Waals surface area contributed by atoms with Crippen LogP contribution >= 0.6 is 0 Å². The number of nitrogens with zero attached hydrogens (tertiary/aromatic N) is 1. The molecule has 1 aromatic rings. The molecule has 2 aliphatic heterocycles. The Morgan fingerprint density at radius 2 is 2.21 bits per heavy atom. The van der Waals surface area contributed by atoms with E-state index >= 15 is 0 Å². The Morgan fingerprint density at radius 3 is 3.00 bits per heavy atom. The lowest BCUT2D eigenvalue weighted by molar-refractivity contribution is -0.0854. The molecule has 4 nitrogen and oxygen atoms in total. The van der Waals surface area contributed by atoms with Gasteiger partial charge in [0.05, 0.1) is 6.04 Å². The highest BCUT2D eigenvalue weighted by Crippen LogP contribution is 2.45. The number of amides is 2. The van der Waals surface area contributed by atoms with Crippen LogP contribution in [-0.4, -0.2) is 23.2 Å². The molecule has 1 saturated heterocycles. The van der Waals surface area contributed by atoms with Crippen molar-refractivity contribution in [3.05, 3.63) is 29.8 Å². The summed E-state index contributed by atoms with van der Waals surface area (Å²) in [6.07, 6.45) is 3.29. The number of fused-ring (bicyclic) bond motifs is 4. The minimum Gasteiger partial charge on any atom is -0.468 e. The van der Waals surface area contributed by atoms with Gasteiger partial charge in [0.15, 0.2) is 5.72 Å². The highest BCUT2D eigenvalue weighted by Gasteiger charge is 2.50. The third-order valence-corrected chi connectivity index (χ3v) is 4.46. The monoisotopic (exact) mass is 258 g/mol. The molecular formula is C15H18N2O2. The highest BCUT2D eigenvalue weighted by molar-refractivity contribution is 5.77. The van der Waals surface area contributed by atoms with E-state index in [1.54, 1.807) is 0 Å². The van der Waals surface area contributed by atoms with Gasteiger partial charge in [0.1, 0.15) is 5.75 Å². The Morgan fingerprint density at radius 1 is 1.42 bits per heavy atom. The van der Waals surface area contributed by atoms with Crippen molar-refractivity contribution in [1.29, 1.82) is 0 Å². The van der Waals surface area contributed by atoms with Gasteiger partial charge < -0.3 is 10.1 Å². The fourth-order valence-electron chi connectivity index (χ4n) is 3.20. The number of benzene rings is 1. The molecule has 2 unspecified atom stereocenters. The van der Waals surface area contributed by atoms with Crippen LogP contribution in [0.25, 0.3) is 0 Å². The highest BCUT2D eigenvalue weighted by atomic mass is 16.5. The standard InChI is InChI=1S/C15H18N2O2/c1-15-8-12(11-4-2-3-5-13(11)19-15)16-14(18)17(15)9-10-6-7-10/h2-5,10,12H,6-9H2,1H3,(H,16,18). The summed E-state index contributed by atoms with van der Waals surface area (Å²) in [4.78, 5) is 14.2. The molecule has 1 aromatic carbocycles. The van der Waals surface area contributed by atoms with Crippen molar-refractivity contribution in [1.82, 2.24) is 10.2 Å². The summed E-state index contributed by atoms with van der Waals surface area (Å²) in [7, 11) is 0. The van der Waals surface area contributed by atoms with Crippen molar-refractivity contribution >= 4 is 6.03 Å². The Bertz CT molecular complexity index is 541. The second kappa shape index (κ2) is 3.65. The first-order valence-electron chi connectivity index (χ1n) is 7.02. The average molecular weight is 258 g/mol. The van der Waals surface area contributed by atoms with E-state index in [4.69, 9.17) is 4.74 Å². The summed E-state index contributed by atoms with van der Waals surface area (Å²) >= 11 is 0. The first-order valence-corrected chi connectivity index (χ1v) is 7.02. The van der Waals surface area contributed by atoms with Crippen molar-refractivity contribution in [2.75, 3.05) is 6.54 Å². The van der Waals surface area contributed by atoms with E-state index in [0.717, 1.165) is 24.3 Å². The summed E-state index contributed by atoms with van der Waals surface area (Å²) in [6.45, 7) is 2.86. The smallest absolute Gasteiger partial charge is 0.320 e. The van der Waals surface area contributed by atoms with E-state index in [2.05, 4.69) is 5.32 Å². The van der Waals surface area contributed by atoms with Crippen LogP contribution in [0.15, 0.2) is 24.3 Å². The van der Waals surface area contributed by atoms with Crippen LogP contribution in [0, 0.1) is 5.92 Å². The molecule has 2 bridgehead atoms. The molecule has 4 rings (SSSR count). The van der Waals surface area contributed by atoms with Gasteiger partial charge in [-0.05, 0) is 31.7 Å². The van der Waals surface area contributed by atoms with E-state index in [-0.39, 0.29) is 12.1 Å². The SMILES string of the molecule is CC12CC(NC(=O)N1CC1CC1)c1ccccc1O2. The van der Waals surface area contributed by atoms with Crippen molar-refractivity contribution in [2.24, 2.45) is 5.92 Å². The Labute approximate surface area is 112 Å². The minimum absolute atomic E-state index is 0.0140. The molecule has 1 saturated carbocycles. The van der Waals surface area contributed by atoms with Gasteiger partial charge >= 0.3 is 6.03 Å². The predicted molar refractivity (Wildman–Crippen MR) is 70.8 cm³/mol. The second-order valence-corrected chi connectivity index (χ2v) is 6.08. The van der Waals surface area contributed by atoms with Gasteiger partial charge in [-0.1, -0.05) is 18.2 Å². The summed E-state index contributed by atoms with van der Waals surface area (Å²) in [5, 5.41) is 3.12. The number of urea groups is 1. The molecule has 2 heterocycles. The van der Waals surface area contributed by atoms with E-state index in [1.165, 1.54) is 12.8 Å². The quantitative estimate of drug-likeness (QED) is 0.886. The molecule has 0 aromatic heterocycles. The number of hydrogen-bond acceptors (Lipinski definition) is 2. The zero-order valence-electron chi connectivity index (χ0n) is 11.1. The summed E-state index contributed by atoms with van der Waals surface area (Å²) in [6, 6.07) is 8.10. The van der Waals surface area contributed by atoms with Crippen LogP contribution in [0.1, 0.15) is 37.8 Å². The molecule has 19 heavy (non-hydrogen) atoms. The fraction of sp³-hybridized carbons (Fsp3) is 0.533. The molecule has 1 N–H and O–H groups in total. The third kappa shape index (κ3) is 1.70. The molecule has 3 aliphatic rings. The number of nitrogens with one attached hydrogen (secondary N) is 1. The largest absolute Gasteiger partial charge is 0.468 e. The molecule has 0 radical (unpaired) electrons. The van der Waals surface area contributed by atoms with Crippen LogP contribution in [0.3, 0.4) is 0 Å². The summed E-state index contributed by atoms with van der Waals surface area (Å²) in [5.41, 5.74) is 0.601. The van der Waals surface area contributed by atoms with Gasteiger partial charge in [0, 0.05) is 18.5 Å². The topological polar surface area (TPSA) is 41.6 Å². The van der Waals surface area contributed by atoms with E-state index < -0.39 is 5.72 Å². The van der Waals surface area contributed by atoms with Gasteiger partial charge in [0.2, 0.25) is 0 Å². The van der Waals surface area contributed by atoms with Gasteiger partial charge in [-0.3, -0.25) is 4.90 Å². The molecule has 2 amide bonds. The maximum atomic E-state index is 12.3. The van der Waals surface area contributed by atoms with E-state index in [9.17, 15) is 4.79 Å². The van der Waals surface area contributed by atoms with Crippen molar-refractivity contribution < 1.29 is 9.53 Å². The molecule has 100 valence electrons. The average Bonchev–Trinajstić information content (AvgIpc) is 3.18. The predicted octanol–water partition coefficient (Wildman–Crippen LogP) is 2.66. The first-order chi connectivity index (χ1) is 9.16. The van der Waals surface area contributed by atoms with Crippen LogP contribution in [0.5, 0.6) is 5.75 Å². The Hall–Kier alpha value is -1.71. The molecule has 4 heteroatoms. The molecule has 2 atom stereocenters. The zero-order valence-corrected chi connectivity index (χ0v) is 11.1. The van der Waals surface area contributed by atoms with E-state index in [0.29, 0.717) is 5.92 Å². The van der Waals surface area contributed by atoms with Gasteiger partial charge in [0.25, 0.3) is 0 Å². The maximum Gasteiger partial charge on any atom is 0.320 e. The third-order valence-electron chi connectivity index (χ3n) is 4.46. The van der Waals surface area contributed by atoms with Crippen molar-refractivity contribution in [2.45, 2.75) is 38.0 Å². The first kappa shape index (κ1) is 11.1. The Balaban J connectivity index is 1.72. The maximum absolute atomic E-state index is 12.3. The molecule has 2 fully saturated rings. The zero-order chi connectivity index (χ0) is 13.0. The van der Waals surface area contributed by atoms with Gasteiger partial charge in [-0.15, -0.1) is 0 Å². The lowest BCUT2D eigenvalue weighted by Gasteiger charge is -2.50. The molecular weight excluding hydrogens is 240 g/mol. The molecule has 0 spiro atoms. The summed E-state index contributed by atoms with van der Waals surface area (Å²) in [5.74, 6) is 1.57. The van der Waals surface area contributed by atoms with Gasteiger partial charge in [-0.25, -0.2) is 4.79 Å². The van der Waals surface area contributed by atoms with Crippen molar-refractivity contribution in [3.8, 4) is 5.75 Å². The van der Waals surface area contributed by atoms with Crippen LogP contribution in [-0.2, 0) is 0 Å². The lowest BCUT2D eigenvalue weighted by Crippen LogP contribution is -2.65. The number of ether oxygens (including phenoxy) is 1. The van der Waals surface area contributed by atoms with Crippen LogP contribution < -0.4 is 10.1 Å². The number of carbonyl (C=O) groups is 1. The number of hydrogen-bond donors (Lipinski definition) is 1. The van der Waals surface area contributed by atoms with Crippen LogP contribution in [0.2, 0.25) is 0 Å². The lowest BCUT2D eigenvalue weighted by atomic mass is 9.90. The van der Waals surface area contributed by atoms with E-state index in [1.807, 2.05) is 36.1 Å².